The number of methoxy groups -OCH3 is 1. The van der Waals surface area contributed by atoms with Crippen LogP contribution in [0.5, 0.6) is 0 Å². The first-order chi connectivity index (χ1) is 8.02. The largest absolute Gasteiger partial charge is 0.380 e. The highest BCUT2D eigenvalue weighted by Crippen LogP contribution is 2.12. The number of likely N-dealkylation sites (tertiary alicyclic amines) is 1. The van der Waals surface area contributed by atoms with E-state index < -0.39 is 0 Å². The molecule has 100 valence electrons. The van der Waals surface area contributed by atoms with Gasteiger partial charge in [-0.2, -0.15) is 0 Å². The summed E-state index contributed by atoms with van der Waals surface area (Å²) >= 11 is 0. The molecule has 0 aliphatic carbocycles. The SMILES string of the molecule is COC1CCN(CCC(NC(C)C)C(N)=O)C1. The fourth-order valence-electron chi connectivity index (χ4n) is 2.21. The minimum absolute atomic E-state index is 0.225. The molecule has 1 aliphatic heterocycles. The lowest BCUT2D eigenvalue weighted by atomic mass is 10.1. The topological polar surface area (TPSA) is 67.6 Å². The quantitative estimate of drug-likeness (QED) is 0.658. The van der Waals surface area contributed by atoms with Crippen LogP contribution in [0.15, 0.2) is 0 Å². The lowest BCUT2D eigenvalue weighted by molar-refractivity contribution is -0.120. The van der Waals surface area contributed by atoms with E-state index in [1.54, 1.807) is 7.11 Å². The Morgan fingerprint density at radius 1 is 1.59 bits per heavy atom. The van der Waals surface area contributed by atoms with Gasteiger partial charge in [-0.05, 0) is 12.8 Å². The molecule has 0 radical (unpaired) electrons. The third kappa shape index (κ3) is 5.02. The number of carbonyl (C=O) groups excluding carboxylic acids is 1. The van der Waals surface area contributed by atoms with E-state index in [9.17, 15) is 4.79 Å². The molecule has 0 aromatic carbocycles. The van der Waals surface area contributed by atoms with Crippen LogP contribution in [-0.4, -0.2) is 55.7 Å². The fraction of sp³-hybridized carbons (Fsp3) is 0.917. The van der Waals surface area contributed by atoms with Crippen molar-refractivity contribution in [2.24, 2.45) is 5.73 Å². The van der Waals surface area contributed by atoms with Gasteiger partial charge in [-0.3, -0.25) is 4.79 Å². The van der Waals surface area contributed by atoms with E-state index in [-0.39, 0.29) is 18.0 Å². The zero-order valence-corrected chi connectivity index (χ0v) is 11.1. The molecule has 0 aromatic heterocycles. The van der Waals surface area contributed by atoms with Crippen molar-refractivity contribution in [2.45, 2.75) is 44.9 Å². The highest BCUT2D eigenvalue weighted by Gasteiger charge is 2.23. The molecule has 5 heteroatoms. The summed E-state index contributed by atoms with van der Waals surface area (Å²) in [5.74, 6) is -0.263. The number of nitrogens with one attached hydrogen (secondary N) is 1. The van der Waals surface area contributed by atoms with E-state index in [1.807, 2.05) is 13.8 Å². The van der Waals surface area contributed by atoms with Gasteiger partial charge < -0.3 is 20.7 Å². The van der Waals surface area contributed by atoms with Crippen molar-refractivity contribution in [1.29, 1.82) is 0 Å². The average molecular weight is 243 g/mol. The predicted molar refractivity (Wildman–Crippen MR) is 67.7 cm³/mol. The summed E-state index contributed by atoms with van der Waals surface area (Å²) in [4.78, 5) is 13.6. The summed E-state index contributed by atoms with van der Waals surface area (Å²) in [6.07, 6.45) is 2.19. The lowest BCUT2D eigenvalue weighted by Gasteiger charge is -2.21. The van der Waals surface area contributed by atoms with Gasteiger partial charge in [-0.1, -0.05) is 13.8 Å². The summed E-state index contributed by atoms with van der Waals surface area (Å²) in [5.41, 5.74) is 5.38. The van der Waals surface area contributed by atoms with Crippen LogP contribution in [0.4, 0.5) is 0 Å². The highest BCUT2D eigenvalue weighted by molar-refractivity contribution is 5.79. The van der Waals surface area contributed by atoms with E-state index in [0.717, 1.165) is 32.5 Å². The third-order valence-corrected chi connectivity index (χ3v) is 3.17. The summed E-state index contributed by atoms with van der Waals surface area (Å²) < 4.78 is 5.31. The first-order valence-electron chi connectivity index (χ1n) is 6.33. The Kier molecular flexibility index (Phi) is 5.88. The number of hydrogen-bond acceptors (Lipinski definition) is 4. The molecule has 1 aliphatic rings. The van der Waals surface area contributed by atoms with Crippen LogP contribution in [0.3, 0.4) is 0 Å². The Morgan fingerprint density at radius 2 is 2.29 bits per heavy atom. The molecule has 3 N–H and O–H groups in total. The molecule has 0 aromatic rings. The summed E-state index contributed by atoms with van der Waals surface area (Å²) in [5, 5.41) is 3.20. The van der Waals surface area contributed by atoms with Crippen LogP contribution in [0.2, 0.25) is 0 Å². The Hall–Kier alpha value is -0.650. The number of primary amides is 1. The first-order valence-corrected chi connectivity index (χ1v) is 6.33. The van der Waals surface area contributed by atoms with Crippen molar-refractivity contribution < 1.29 is 9.53 Å². The minimum Gasteiger partial charge on any atom is -0.380 e. The maximum atomic E-state index is 11.3. The number of amides is 1. The zero-order valence-electron chi connectivity index (χ0n) is 11.1. The van der Waals surface area contributed by atoms with Crippen LogP contribution in [0, 0.1) is 0 Å². The van der Waals surface area contributed by atoms with Crippen molar-refractivity contribution in [2.75, 3.05) is 26.7 Å². The minimum atomic E-state index is -0.263. The Labute approximate surface area is 104 Å². The molecule has 2 unspecified atom stereocenters. The number of nitrogens with zero attached hydrogens (tertiary/aromatic N) is 1. The molecule has 1 fully saturated rings. The van der Waals surface area contributed by atoms with E-state index in [1.165, 1.54) is 0 Å². The second kappa shape index (κ2) is 6.93. The maximum Gasteiger partial charge on any atom is 0.234 e. The molecular formula is C12H25N3O2. The second-order valence-electron chi connectivity index (χ2n) is 5.01. The van der Waals surface area contributed by atoms with E-state index in [4.69, 9.17) is 10.5 Å². The highest BCUT2D eigenvalue weighted by atomic mass is 16.5. The van der Waals surface area contributed by atoms with Gasteiger partial charge in [0.05, 0.1) is 12.1 Å². The molecule has 0 bridgehead atoms. The van der Waals surface area contributed by atoms with Gasteiger partial charge in [0.2, 0.25) is 5.91 Å². The molecule has 1 heterocycles. The standard InChI is InChI=1S/C12H25N3O2/c1-9(2)14-11(12(13)16)5-7-15-6-4-10(8-15)17-3/h9-11,14H,4-8H2,1-3H3,(H2,13,16). The van der Waals surface area contributed by atoms with Gasteiger partial charge in [0, 0.05) is 32.8 Å². The predicted octanol–water partition coefficient (Wildman–Crippen LogP) is -0.0509. The van der Waals surface area contributed by atoms with Gasteiger partial charge in [-0.25, -0.2) is 0 Å². The zero-order chi connectivity index (χ0) is 12.8. The number of hydrogen-bond donors (Lipinski definition) is 2. The number of ether oxygens (including phenoxy) is 1. The molecule has 1 amide bonds. The van der Waals surface area contributed by atoms with Crippen molar-refractivity contribution in [3.63, 3.8) is 0 Å². The lowest BCUT2D eigenvalue weighted by Crippen LogP contribution is -2.46. The molecule has 17 heavy (non-hydrogen) atoms. The maximum absolute atomic E-state index is 11.3. The van der Waals surface area contributed by atoms with Crippen molar-refractivity contribution in [1.82, 2.24) is 10.2 Å². The Bertz CT molecular complexity index is 246. The van der Waals surface area contributed by atoms with Gasteiger partial charge in [-0.15, -0.1) is 0 Å². The Balaban J connectivity index is 2.29. The molecule has 0 spiro atoms. The molecule has 5 nitrogen and oxygen atoms in total. The number of carbonyl (C=O) groups is 1. The summed E-state index contributed by atoms with van der Waals surface area (Å²) in [6, 6.07) is 0.0504. The number of rotatable bonds is 7. The normalized spacial score (nSPS) is 23.2. The van der Waals surface area contributed by atoms with Gasteiger partial charge in [0.25, 0.3) is 0 Å². The fourth-order valence-corrected chi connectivity index (χ4v) is 2.21. The number of nitrogens with two attached hydrogens (primary N) is 1. The van der Waals surface area contributed by atoms with E-state index >= 15 is 0 Å². The monoisotopic (exact) mass is 243 g/mol. The molecule has 0 saturated carbocycles. The smallest absolute Gasteiger partial charge is 0.234 e. The van der Waals surface area contributed by atoms with E-state index in [0.29, 0.717) is 6.10 Å². The van der Waals surface area contributed by atoms with E-state index in [2.05, 4.69) is 10.2 Å². The second-order valence-corrected chi connectivity index (χ2v) is 5.01. The first kappa shape index (κ1) is 14.4. The van der Waals surface area contributed by atoms with Crippen LogP contribution < -0.4 is 11.1 Å². The molecule has 1 saturated heterocycles. The van der Waals surface area contributed by atoms with Crippen molar-refractivity contribution in [3.8, 4) is 0 Å². The third-order valence-electron chi connectivity index (χ3n) is 3.17. The molecular weight excluding hydrogens is 218 g/mol. The van der Waals surface area contributed by atoms with Crippen LogP contribution >= 0.6 is 0 Å². The van der Waals surface area contributed by atoms with Gasteiger partial charge in [0.15, 0.2) is 0 Å². The Morgan fingerprint density at radius 3 is 2.76 bits per heavy atom. The average Bonchev–Trinajstić information content (AvgIpc) is 2.71. The van der Waals surface area contributed by atoms with Gasteiger partial charge in [0.1, 0.15) is 0 Å². The summed E-state index contributed by atoms with van der Waals surface area (Å²) in [6.45, 7) is 6.95. The van der Waals surface area contributed by atoms with Gasteiger partial charge >= 0.3 is 0 Å². The van der Waals surface area contributed by atoms with Crippen molar-refractivity contribution in [3.05, 3.63) is 0 Å². The van der Waals surface area contributed by atoms with Crippen molar-refractivity contribution >= 4 is 5.91 Å². The van der Waals surface area contributed by atoms with Crippen LogP contribution in [0.1, 0.15) is 26.7 Å². The molecule has 2 atom stereocenters. The summed E-state index contributed by atoms with van der Waals surface area (Å²) in [7, 11) is 1.75. The molecule has 1 rings (SSSR count). The van der Waals surface area contributed by atoms with Crippen LogP contribution in [-0.2, 0) is 9.53 Å². The van der Waals surface area contributed by atoms with Crippen LogP contribution in [0.25, 0.3) is 0 Å².